The number of amides is 1. The molecule has 0 unspecified atom stereocenters. The summed E-state index contributed by atoms with van der Waals surface area (Å²) in [7, 11) is 0. The molecule has 1 N–H and O–H groups in total. The number of halogens is 1. The lowest BCUT2D eigenvalue weighted by atomic mass is 9.70. The lowest BCUT2D eigenvalue weighted by molar-refractivity contribution is 0.0950. The van der Waals surface area contributed by atoms with Crippen LogP contribution in [0, 0.1) is 22.6 Å². The summed E-state index contributed by atoms with van der Waals surface area (Å²) >= 11 is 0. The number of hydrogen-bond donors (Lipinski definition) is 1. The van der Waals surface area contributed by atoms with Gasteiger partial charge in [0.05, 0.1) is 5.56 Å². The molecule has 2 atom stereocenters. The summed E-state index contributed by atoms with van der Waals surface area (Å²) in [5.41, 5.74) is 3.88. The SMILES string of the molecule is CC1(C)[C@H]2CC[C@@]1(C)/C(=N/NC(=O)c1ccccc1F)C2. The number of hydrazone groups is 1. The van der Waals surface area contributed by atoms with Gasteiger partial charge >= 0.3 is 0 Å². The Labute approximate surface area is 124 Å². The Morgan fingerprint density at radius 3 is 2.62 bits per heavy atom. The molecule has 112 valence electrons. The summed E-state index contributed by atoms with van der Waals surface area (Å²) in [4.78, 5) is 12.0. The molecule has 1 aromatic rings. The summed E-state index contributed by atoms with van der Waals surface area (Å²) in [6, 6.07) is 5.96. The molecular formula is C17H21FN2O. The second kappa shape index (κ2) is 4.65. The summed E-state index contributed by atoms with van der Waals surface area (Å²) in [6.07, 6.45) is 3.27. The minimum absolute atomic E-state index is 0.0365. The highest BCUT2D eigenvalue weighted by molar-refractivity contribution is 5.98. The number of nitrogens with one attached hydrogen (secondary N) is 1. The molecule has 2 aliphatic carbocycles. The predicted octanol–water partition coefficient (Wildman–Crippen LogP) is 3.76. The van der Waals surface area contributed by atoms with E-state index in [0.29, 0.717) is 5.92 Å². The van der Waals surface area contributed by atoms with Gasteiger partial charge in [0.15, 0.2) is 0 Å². The molecule has 0 aromatic heterocycles. The Balaban J connectivity index is 1.79. The minimum atomic E-state index is -0.519. The van der Waals surface area contributed by atoms with Gasteiger partial charge in [-0.05, 0) is 42.7 Å². The third-order valence-corrected chi connectivity index (χ3v) is 5.92. The van der Waals surface area contributed by atoms with E-state index in [4.69, 9.17) is 0 Å². The Hall–Kier alpha value is -1.71. The molecular weight excluding hydrogens is 267 g/mol. The number of fused-ring (bicyclic) bond motifs is 2. The molecule has 2 bridgehead atoms. The maximum absolute atomic E-state index is 13.6. The van der Waals surface area contributed by atoms with Gasteiger partial charge < -0.3 is 0 Å². The van der Waals surface area contributed by atoms with Crippen molar-refractivity contribution in [1.82, 2.24) is 5.43 Å². The van der Waals surface area contributed by atoms with Gasteiger partial charge in [-0.2, -0.15) is 5.10 Å². The first-order valence-corrected chi connectivity index (χ1v) is 7.48. The van der Waals surface area contributed by atoms with Crippen LogP contribution in [0.2, 0.25) is 0 Å². The quantitative estimate of drug-likeness (QED) is 0.827. The minimum Gasteiger partial charge on any atom is -0.267 e. The van der Waals surface area contributed by atoms with Crippen LogP contribution in [0.5, 0.6) is 0 Å². The number of hydrogen-bond acceptors (Lipinski definition) is 2. The molecule has 3 nitrogen and oxygen atoms in total. The molecule has 0 aliphatic heterocycles. The lowest BCUT2D eigenvalue weighted by Gasteiger charge is -2.34. The van der Waals surface area contributed by atoms with Gasteiger partial charge in [-0.15, -0.1) is 0 Å². The number of carbonyl (C=O) groups is 1. The van der Waals surface area contributed by atoms with Crippen LogP contribution in [-0.2, 0) is 0 Å². The van der Waals surface area contributed by atoms with Crippen LogP contribution in [0.25, 0.3) is 0 Å². The molecule has 21 heavy (non-hydrogen) atoms. The summed E-state index contributed by atoms with van der Waals surface area (Å²) in [5, 5.41) is 4.34. The van der Waals surface area contributed by atoms with Gasteiger partial charge in [0.1, 0.15) is 5.82 Å². The van der Waals surface area contributed by atoms with Crippen LogP contribution < -0.4 is 5.43 Å². The van der Waals surface area contributed by atoms with Crippen LogP contribution >= 0.6 is 0 Å². The smallest absolute Gasteiger partial charge is 0.267 e. The third kappa shape index (κ3) is 2.00. The molecule has 3 rings (SSSR count). The van der Waals surface area contributed by atoms with Gasteiger partial charge in [0.25, 0.3) is 5.91 Å². The second-order valence-corrected chi connectivity index (χ2v) is 6.97. The molecule has 2 aliphatic rings. The first kappa shape index (κ1) is 14.2. The standard InChI is InChI=1S/C17H21FN2O/c1-16(2)11-8-9-17(16,3)14(10-11)19-20-15(21)12-6-4-5-7-13(12)18/h4-7,11H,8-10H2,1-3H3,(H,20,21)/b19-14+/t11-,17-/m0/s1. The fourth-order valence-corrected chi connectivity index (χ4v) is 3.92. The molecule has 0 radical (unpaired) electrons. The number of nitrogens with zero attached hydrogens (tertiary/aromatic N) is 1. The zero-order valence-corrected chi connectivity index (χ0v) is 12.7. The Bertz CT molecular complexity index is 623. The first-order valence-electron chi connectivity index (χ1n) is 7.48. The Kier molecular flexibility index (Phi) is 3.15. The second-order valence-electron chi connectivity index (χ2n) is 6.97. The third-order valence-electron chi connectivity index (χ3n) is 5.92. The van der Waals surface area contributed by atoms with Crippen molar-refractivity contribution < 1.29 is 9.18 Å². The molecule has 0 saturated heterocycles. The van der Waals surface area contributed by atoms with E-state index in [-0.39, 0.29) is 16.4 Å². The highest BCUT2D eigenvalue weighted by Gasteiger charge is 2.60. The number of rotatable bonds is 2. The average Bonchev–Trinajstić information content (AvgIpc) is 2.78. The van der Waals surface area contributed by atoms with Crippen LogP contribution in [0.15, 0.2) is 29.4 Å². The van der Waals surface area contributed by atoms with Gasteiger partial charge in [0.2, 0.25) is 0 Å². The van der Waals surface area contributed by atoms with Crippen molar-refractivity contribution in [3.05, 3.63) is 35.6 Å². The fraction of sp³-hybridized carbons (Fsp3) is 0.529. The van der Waals surface area contributed by atoms with Crippen molar-refractivity contribution in [2.45, 2.75) is 40.0 Å². The predicted molar refractivity (Wildman–Crippen MR) is 80.5 cm³/mol. The van der Waals surface area contributed by atoms with Crippen molar-refractivity contribution in [2.24, 2.45) is 21.8 Å². The van der Waals surface area contributed by atoms with E-state index in [0.717, 1.165) is 18.6 Å². The van der Waals surface area contributed by atoms with E-state index in [1.165, 1.54) is 18.6 Å². The van der Waals surface area contributed by atoms with Crippen molar-refractivity contribution in [3.63, 3.8) is 0 Å². The Morgan fingerprint density at radius 1 is 1.33 bits per heavy atom. The molecule has 0 heterocycles. The summed E-state index contributed by atoms with van der Waals surface area (Å²) in [5.74, 6) is -0.369. The molecule has 2 fully saturated rings. The van der Waals surface area contributed by atoms with Gasteiger partial charge in [-0.3, -0.25) is 4.79 Å². The molecule has 4 heteroatoms. The van der Waals surface area contributed by atoms with E-state index in [9.17, 15) is 9.18 Å². The van der Waals surface area contributed by atoms with Crippen LogP contribution in [-0.4, -0.2) is 11.6 Å². The largest absolute Gasteiger partial charge is 0.274 e. The van der Waals surface area contributed by atoms with Crippen LogP contribution in [0.3, 0.4) is 0 Å². The molecule has 2 saturated carbocycles. The number of carbonyl (C=O) groups excluding carboxylic acids is 1. The molecule has 1 aromatic carbocycles. The van der Waals surface area contributed by atoms with E-state index < -0.39 is 11.7 Å². The Morgan fingerprint density at radius 2 is 2.05 bits per heavy atom. The number of benzene rings is 1. The normalized spacial score (nSPS) is 31.6. The highest BCUT2D eigenvalue weighted by atomic mass is 19.1. The monoisotopic (exact) mass is 288 g/mol. The highest BCUT2D eigenvalue weighted by Crippen LogP contribution is 2.63. The van der Waals surface area contributed by atoms with Crippen molar-refractivity contribution in [2.75, 3.05) is 0 Å². The average molecular weight is 288 g/mol. The molecule has 0 spiro atoms. The van der Waals surface area contributed by atoms with Gasteiger partial charge in [0, 0.05) is 11.1 Å². The topological polar surface area (TPSA) is 41.5 Å². The van der Waals surface area contributed by atoms with E-state index in [2.05, 4.69) is 31.3 Å². The van der Waals surface area contributed by atoms with E-state index in [1.54, 1.807) is 12.1 Å². The van der Waals surface area contributed by atoms with Gasteiger partial charge in [-0.25, -0.2) is 9.82 Å². The lowest BCUT2D eigenvalue weighted by Crippen LogP contribution is -2.34. The first-order chi connectivity index (χ1) is 9.86. The van der Waals surface area contributed by atoms with Crippen molar-refractivity contribution in [3.8, 4) is 0 Å². The summed E-state index contributed by atoms with van der Waals surface area (Å²) in [6.45, 7) is 6.80. The maximum atomic E-state index is 13.6. The summed E-state index contributed by atoms with van der Waals surface area (Å²) < 4.78 is 13.6. The molecule has 1 amide bonds. The zero-order chi connectivity index (χ0) is 15.3. The maximum Gasteiger partial charge on any atom is 0.274 e. The van der Waals surface area contributed by atoms with Crippen molar-refractivity contribution in [1.29, 1.82) is 0 Å². The van der Waals surface area contributed by atoms with E-state index >= 15 is 0 Å². The van der Waals surface area contributed by atoms with Gasteiger partial charge in [-0.1, -0.05) is 32.9 Å². The van der Waals surface area contributed by atoms with Crippen LogP contribution in [0.1, 0.15) is 50.4 Å². The van der Waals surface area contributed by atoms with Crippen LogP contribution in [0.4, 0.5) is 4.39 Å². The van der Waals surface area contributed by atoms with E-state index in [1.807, 2.05) is 0 Å². The fourth-order valence-electron chi connectivity index (χ4n) is 3.92. The van der Waals surface area contributed by atoms with Crippen molar-refractivity contribution >= 4 is 11.6 Å². The zero-order valence-electron chi connectivity index (χ0n) is 12.7.